The number of carboxylic acids is 2. The van der Waals surface area contributed by atoms with Crippen LogP contribution in [0.2, 0.25) is 0 Å². The minimum Gasteiger partial charge on any atom is -0.478 e. The number of hydrogen-bond acceptors (Lipinski definition) is 11. The molecule has 2 amide bonds. The lowest BCUT2D eigenvalue weighted by molar-refractivity contribution is -0.161. The lowest BCUT2D eigenvalue weighted by Gasteiger charge is -2.49. The van der Waals surface area contributed by atoms with E-state index >= 15 is 0 Å². The summed E-state index contributed by atoms with van der Waals surface area (Å²) in [6, 6.07) is -1.06. The Bertz CT molecular complexity index is 1060. The fourth-order valence-electron chi connectivity index (χ4n) is 2.71. The number of amides is 2. The second-order valence-corrected chi connectivity index (χ2v) is 9.21. The molecule has 0 bridgehead atoms. The number of thioether (sulfide) groups is 1. The van der Waals surface area contributed by atoms with E-state index in [2.05, 4.69) is 19.8 Å². The molecule has 1 saturated heterocycles. The molecule has 13 nitrogen and oxygen atoms in total. The van der Waals surface area contributed by atoms with Crippen molar-refractivity contribution in [2.45, 2.75) is 30.9 Å². The number of carboxylic acid groups (broad SMARTS) is 2. The fraction of sp³-hybridized carbons (Fsp3) is 0.438. The molecule has 0 unspecified atom stereocenters. The summed E-state index contributed by atoms with van der Waals surface area (Å²) < 4.78 is 3.88. The minimum atomic E-state index is -1.77. The highest BCUT2D eigenvalue weighted by Crippen LogP contribution is 2.40. The van der Waals surface area contributed by atoms with Crippen molar-refractivity contribution in [2.24, 2.45) is 5.16 Å². The van der Waals surface area contributed by atoms with Gasteiger partial charge < -0.3 is 26.1 Å². The Labute approximate surface area is 193 Å². The van der Waals surface area contributed by atoms with Gasteiger partial charge in [-0.15, -0.1) is 23.4 Å². The van der Waals surface area contributed by atoms with Crippen LogP contribution in [0.3, 0.4) is 0 Å². The molecule has 32 heavy (non-hydrogen) atoms. The van der Waals surface area contributed by atoms with Gasteiger partial charge in [-0.2, -0.15) is 9.36 Å². The van der Waals surface area contributed by atoms with Crippen molar-refractivity contribution in [2.75, 3.05) is 17.4 Å². The number of aromatic nitrogens is 2. The van der Waals surface area contributed by atoms with Crippen molar-refractivity contribution in [3.05, 3.63) is 17.1 Å². The number of anilines is 1. The number of nitrogen functional groups attached to an aromatic ring is 1. The number of rotatable bonds is 8. The van der Waals surface area contributed by atoms with Crippen LogP contribution in [-0.4, -0.2) is 82.6 Å². The van der Waals surface area contributed by atoms with E-state index in [1.54, 1.807) is 0 Å². The number of nitrogens with zero attached hydrogens (tertiary/aromatic N) is 4. The predicted octanol–water partition coefficient (Wildman–Crippen LogP) is -0.318. The Morgan fingerprint density at radius 3 is 2.62 bits per heavy atom. The van der Waals surface area contributed by atoms with Gasteiger partial charge in [0.25, 0.3) is 11.8 Å². The van der Waals surface area contributed by atoms with Gasteiger partial charge in [-0.05, 0) is 19.4 Å². The normalized spacial score (nSPS) is 21.0. The van der Waals surface area contributed by atoms with Gasteiger partial charge in [0.1, 0.15) is 17.1 Å². The van der Waals surface area contributed by atoms with Crippen LogP contribution in [0.5, 0.6) is 0 Å². The zero-order valence-corrected chi connectivity index (χ0v) is 19.0. The molecule has 16 heteroatoms. The summed E-state index contributed by atoms with van der Waals surface area (Å²) in [5.41, 5.74) is 3.49. The summed E-state index contributed by atoms with van der Waals surface area (Å²) in [5.74, 6) is -4.20. The van der Waals surface area contributed by atoms with E-state index in [0.29, 0.717) is 5.57 Å². The van der Waals surface area contributed by atoms with Gasteiger partial charge in [-0.1, -0.05) is 5.16 Å². The third-order valence-electron chi connectivity index (χ3n) is 4.45. The predicted molar refractivity (Wildman–Crippen MR) is 114 cm³/mol. The highest BCUT2D eigenvalue weighted by atomic mass is 35.5. The topological polar surface area (TPSA) is 197 Å². The lowest BCUT2D eigenvalue weighted by atomic mass is 10.0. The van der Waals surface area contributed by atoms with E-state index in [9.17, 15) is 29.4 Å². The highest BCUT2D eigenvalue weighted by Gasteiger charge is 2.54. The van der Waals surface area contributed by atoms with Crippen LogP contribution in [0.25, 0.3) is 0 Å². The van der Waals surface area contributed by atoms with Crippen molar-refractivity contribution in [1.29, 1.82) is 0 Å². The first-order valence-corrected chi connectivity index (χ1v) is 11.2. The monoisotopic (exact) mass is 504 g/mol. The maximum atomic E-state index is 12.9. The van der Waals surface area contributed by atoms with Gasteiger partial charge in [0.15, 0.2) is 5.13 Å². The Balaban J connectivity index is 1.83. The van der Waals surface area contributed by atoms with Crippen LogP contribution < -0.4 is 11.1 Å². The smallest absolute Gasteiger partial charge is 0.352 e. The van der Waals surface area contributed by atoms with E-state index in [4.69, 9.17) is 22.2 Å². The van der Waals surface area contributed by atoms with Crippen LogP contribution >= 0.6 is 34.9 Å². The van der Waals surface area contributed by atoms with Crippen molar-refractivity contribution >= 4 is 69.5 Å². The largest absolute Gasteiger partial charge is 0.478 e. The molecule has 0 saturated carbocycles. The molecule has 172 valence electrons. The number of carbonyl (C=O) groups is 4. The maximum Gasteiger partial charge on any atom is 0.352 e. The second-order valence-electron chi connectivity index (χ2n) is 7.05. The number of oxime groups is 1. The number of aliphatic carboxylic acids is 2. The van der Waals surface area contributed by atoms with Crippen LogP contribution in [-0.2, 0) is 24.0 Å². The number of hydrogen-bond donors (Lipinski definition) is 4. The third kappa shape index (κ3) is 4.35. The molecular weight excluding hydrogens is 488 g/mol. The molecule has 1 fully saturated rings. The molecule has 0 aliphatic carbocycles. The highest BCUT2D eigenvalue weighted by molar-refractivity contribution is 8.00. The minimum absolute atomic E-state index is 0.0246. The Morgan fingerprint density at radius 2 is 2.09 bits per heavy atom. The number of β-lactam (4-membered cyclic amide) rings is 1. The molecule has 0 radical (unpaired) electrons. The molecule has 0 spiro atoms. The summed E-state index contributed by atoms with van der Waals surface area (Å²) >= 11 is 7.81. The second kappa shape index (κ2) is 8.91. The molecule has 2 aliphatic rings. The molecule has 5 N–H and O–H groups in total. The molecule has 1 aromatic rings. The average molecular weight is 505 g/mol. The number of carbonyl (C=O) groups excluding carboxylic acids is 2. The van der Waals surface area contributed by atoms with Gasteiger partial charge in [-0.25, -0.2) is 9.59 Å². The molecule has 0 aromatic carbocycles. The SMILES string of the molecule is CC(C)(ON=C(C(=O)N[C@@H]1C(=O)N2C(C(=O)O)=C(CCl)CS[C@H]12)c1nsc(N)n1)C(=O)O. The Hall–Kier alpha value is -2.91. The van der Waals surface area contributed by atoms with E-state index in [0.717, 1.165) is 16.4 Å². The van der Waals surface area contributed by atoms with Crippen LogP contribution in [0, 0.1) is 0 Å². The van der Waals surface area contributed by atoms with E-state index in [1.165, 1.54) is 25.6 Å². The first-order valence-electron chi connectivity index (χ1n) is 8.84. The Morgan fingerprint density at radius 1 is 1.41 bits per heavy atom. The molecule has 2 atom stereocenters. The number of alkyl halides is 1. The van der Waals surface area contributed by atoms with Gasteiger partial charge in [0.2, 0.25) is 17.1 Å². The van der Waals surface area contributed by atoms with Gasteiger partial charge in [0.05, 0.1) is 0 Å². The quantitative estimate of drug-likeness (QED) is 0.156. The summed E-state index contributed by atoms with van der Waals surface area (Å²) in [7, 11) is 0. The molecular formula is C16H17ClN6O7S2. The van der Waals surface area contributed by atoms with Gasteiger partial charge in [-0.3, -0.25) is 14.5 Å². The number of fused-ring (bicyclic) bond motifs is 1. The average Bonchev–Trinajstić information content (AvgIpc) is 3.16. The van der Waals surface area contributed by atoms with Crippen LogP contribution in [0.4, 0.5) is 5.13 Å². The summed E-state index contributed by atoms with van der Waals surface area (Å²) in [4.78, 5) is 58.3. The number of nitrogens with two attached hydrogens (primary N) is 1. The molecule has 3 heterocycles. The van der Waals surface area contributed by atoms with Crippen molar-refractivity contribution in [3.63, 3.8) is 0 Å². The summed E-state index contributed by atoms with van der Waals surface area (Å²) in [6.45, 7) is 2.44. The standard InChI is InChI=1S/C16H17ClN6O7S2/c1-16(2,14(28)29)30-21-6(9-20-15(18)32-22-9)10(24)19-7-11(25)23-8(13(26)27)5(3-17)4-31-12(7)23/h7,12H,3-4H2,1-2H3,(H,19,24)(H,26,27)(H,28,29)(H2,18,20,22)/t7-,12-/m1/s1. The zero-order chi connectivity index (χ0) is 23.8. The van der Waals surface area contributed by atoms with Crippen LogP contribution in [0.1, 0.15) is 19.7 Å². The number of nitrogens with one attached hydrogen (secondary N) is 1. The first kappa shape index (κ1) is 23.7. The van der Waals surface area contributed by atoms with Crippen molar-refractivity contribution < 1.29 is 34.2 Å². The third-order valence-corrected chi connectivity index (χ3v) is 6.65. The summed E-state index contributed by atoms with van der Waals surface area (Å²) in [5, 5.41) is 24.1. The van der Waals surface area contributed by atoms with Crippen molar-refractivity contribution in [1.82, 2.24) is 19.6 Å². The Kier molecular flexibility index (Phi) is 6.61. The lowest BCUT2D eigenvalue weighted by Crippen LogP contribution is -2.71. The van der Waals surface area contributed by atoms with E-state index in [-0.39, 0.29) is 28.3 Å². The molecule has 1 aromatic heterocycles. The van der Waals surface area contributed by atoms with Crippen molar-refractivity contribution in [3.8, 4) is 0 Å². The molecule has 2 aliphatic heterocycles. The van der Waals surface area contributed by atoms with Gasteiger partial charge in [0, 0.05) is 23.2 Å². The van der Waals surface area contributed by atoms with Crippen LogP contribution in [0.15, 0.2) is 16.4 Å². The van der Waals surface area contributed by atoms with Gasteiger partial charge >= 0.3 is 11.9 Å². The molecule has 3 rings (SSSR count). The maximum absolute atomic E-state index is 12.9. The van der Waals surface area contributed by atoms with E-state index in [1.807, 2.05) is 0 Å². The first-order chi connectivity index (χ1) is 15.0. The summed E-state index contributed by atoms with van der Waals surface area (Å²) in [6.07, 6.45) is 0. The zero-order valence-electron chi connectivity index (χ0n) is 16.6. The fourth-order valence-corrected chi connectivity index (χ4v) is 4.82. The number of halogens is 1. The van der Waals surface area contributed by atoms with E-state index < -0.39 is 46.5 Å².